The van der Waals surface area contributed by atoms with Crippen LogP contribution in [-0.4, -0.2) is 24.4 Å². The molecule has 0 saturated carbocycles. The number of carbonyl (C=O) groups is 3. The van der Waals surface area contributed by atoms with E-state index in [-0.39, 0.29) is 12.5 Å². The zero-order valence-corrected chi connectivity index (χ0v) is 16.0. The van der Waals surface area contributed by atoms with Crippen molar-refractivity contribution < 1.29 is 19.1 Å². The average molecular weight is 368 g/mol. The summed E-state index contributed by atoms with van der Waals surface area (Å²) in [5, 5.41) is 5.23. The van der Waals surface area contributed by atoms with E-state index in [0.717, 1.165) is 11.1 Å². The number of anilines is 2. The quantitative estimate of drug-likeness (QED) is 0.620. The van der Waals surface area contributed by atoms with Crippen molar-refractivity contribution in [3.05, 3.63) is 59.2 Å². The van der Waals surface area contributed by atoms with E-state index in [9.17, 15) is 14.4 Å². The van der Waals surface area contributed by atoms with Crippen molar-refractivity contribution in [3.8, 4) is 0 Å². The van der Waals surface area contributed by atoms with Gasteiger partial charge < -0.3 is 15.4 Å². The first-order valence-electron chi connectivity index (χ1n) is 8.82. The van der Waals surface area contributed by atoms with Crippen LogP contribution in [0.2, 0.25) is 0 Å². The van der Waals surface area contributed by atoms with Gasteiger partial charge in [0, 0.05) is 11.4 Å². The molecule has 2 aromatic carbocycles. The van der Waals surface area contributed by atoms with Gasteiger partial charge in [-0.25, -0.2) is 4.79 Å². The highest BCUT2D eigenvalue weighted by Crippen LogP contribution is 2.27. The molecule has 0 aliphatic rings. The maximum Gasteiger partial charge on any atom is 0.338 e. The number of ether oxygens (including phenoxy) is 1. The molecule has 2 aromatic rings. The van der Waals surface area contributed by atoms with Gasteiger partial charge in [0.2, 0.25) is 0 Å². The standard InChI is InChI=1S/C21H24N2O4/c1-5-27-21(26)15-9-11-16(12-10-15)22-19(24)20(25)23-18-14(4)7-6-8-17(18)13(2)3/h6-13H,5H2,1-4H3,(H,22,24)(H,23,25). The maximum absolute atomic E-state index is 12.3. The van der Waals surface area contributed by atoms with Crippen molar-refractivity contribution in [3.63, 3.8) is 0 Å². The van der Waals surface area contributed by atoms with E-state index in [0.29, 0.717) is 16.9 Å². The lowest BCUT2D eigenvalue weighted by atomic mass is 9.98. The Morgan fingerprint density at radius 2 is 1.59 bits per heavy atom. The van der Waals surface area contributed by atoms with Gasteiger partial charge in [-0.3, -0.25) is 9.59 Å². The van der Waals surface area contributed by atoms with E-state index >= 15 is 0 Å². The first-order valence-corrected chi connectivity index (χ1v) is 8.82. The first kappa shape index (κ1) is 20.2. The molecule has 0 radical (unpaired) electrons. The summed E-state index contributed by atoms with van der Waals surface area (Å²) in [6, 6.07) is 11.9. The molecular weight excluding hydrogens is 344 g/mol. The van der Waals surface area contributed by atoms with Crippen molar-refractivity contribution in [2.45, 2.75) is 33.6 Å². The van der Waals surface area contributed by atoms with Crippen LogP contribution in [-0.2, 0) is 14.3 Å². The summed E-state index contributed by atoms with van der Waals surface area (Å²) in [6.45, 7) is 7.94. The van der Waals surface area contributed by atoms with Gasteiger partial charge in [0.05, 0.1) is 12.2 Å². The molecule has 6 nitrogen and oxygen atoms in total. The number of amides is 2. The van der Waals surface area contributed by atoms with Crippen LogP contribution in [0.3, 0.4) is 0 Å². The van der Waals surface area contributed by atoms with Crippen LogP contribution in [0.25, 0.3) is 0 Å². The molecule has 0 heterocycles. The summed E-state index contributed by atoms with van der Waals surface area (Å²) in [6.07, 6.45) is 0. The largest absolute Gasteiger partial charge is 0.462 e. The molecule has 0 aromatic heterocycles. The zero-order chi connectivity index (χ0) is 20.0. The fraction of sp³-hybridized carbons (Fsp3) is 0.286. The third-order valence-electron chi connectivity index (χ3n) is 4.03. The summed E-state index contributed by atoms with van der Waals surface area (Å²) in [7, 11) is 0. The number of para-hydroxylation sites is 1. The molecule has 0 bridgehead atoms. The maximum atomic E-state index is 12.3. The molecule has 2 N–H and O–H groups in total. The number of aryl methyl sites for hydroxylation is 1. The number of carbonyl (C=O) groups excluding carboxylic acids is 3. The van der Waals surface area contributed by atoms with Crippen molar-refractivity contribution in [1.29, 1.82) is 0 Å². The van der Waals surface area contributed by atoms with Crippen LogP contribution >= 0.6 is 0 Å². The molecule has 142 valence electrons. The van der Waals surface area contributed by atoms with Crippen LogP contribution < -0.4 is 10.6 Å². The summed E-state index contributed by atoms with van der Waals surface area (Å²) in [5.41, 5.74) is 3.30. The van der Waals surface area contributed by atoms with E-state index in [4.69, 9.17) is 4.74 Å². The minimum Gasteiger partial charge on any atom is -0.462 e. The Morgan fingerprint density at radius 3 is 2.19 bits per heavy atom. The van der Waals surface area contributed by atoms with Crippen molar-refractivity contribution in [1.82, 2.24) is 0 Å². The molecule has 0 aliphatic heterocycles. The van der Waals surface area contributed by atoms with E-state index in [1.807, 2.05) is 39.0 Å². The Hall–Kier alpha value is -3.15. The smallest absolute Gasteiger partial charge is 0.338 e. The van der Waals surface area contributed by atoms with Gasteiger partial charge in [-0.2, -0.15) is 0 Å². The van der Waals surface area contributed by atoms with Gasteiger partial charge in [-0.15, -0.1) is 0 Å². The van der Waals surface area contributed by atoms with Gasteiger partial charge in [-0.05, 0) is 55.2 Å². The second-order valence-corrected chi connectivity index (χ2v) is 6.40. The molecular formula is C21H24N2O4. The van der Waals surface area contributed by atoms with E-state index < -0.39 is 17.8 Å². The number of nitrogens with one attached hydrogen (secondary N) is 2. The predicted molar refractivity (Wildman–Crippen MR) is 105 cm³/mol. The number of hydrogen-bond donors (Lipinski definition) is 2. The van der Waals surface area contributed by atoms with E-state index in [2.05, 4.69) is 10.6 Å². The Bertz CT molecular complexity index is 842. The highest BCUT2D eigenvalue weighted by atomic mass is 16.5. The van der Waals surface area contributed by atoms with Crippen LogP contribution in [0.1, 0.15) is 48.2 Å². The number of benzene rings is 2. The van der Waals surface area contributed by atoms with Gasteiger partial charge in [0.1, 0.15) is 0 Å². The Morgan fingerprint density at radius 1 is 0.963 bits per heavy atom. The topological polar surface area (TPSA) is 84.5 Å². The molecule has 2 rings (SSSR count). The lowest BCUT2D eigenvalue weighted by Crippen LogP contribution is -2.29. The summed E-state index contributed by atoms with van der Waals surface area (Å²) in [5.74, 6) is -1.76. The summed E-state index contributed by atoms with van der Waals surface area (Å²) >= 11 is 0. The summed E-state index contributed by atoms with van der Waals surface area (Å²) in [4.78, 5) is 36.2. The van der Waals surface area contributed by atoms with Crippen LogP contribution in [0.5, 0.6) is 0 Å². The fourth-order valence-electron chi connectivity index (χ4n) is 2.60. The fourth-order valence-corrected chi connectivity index (χ4v) is 2.60. The van der Waals surface area contributed by atoms with Gasteiger partial charge in [0.25, 0.3) is 0 Å². The van der Waals surface area contributed by atoms with Gasteiger partial charge in [0.15, 0.2) is 0 Å². The van der Waals surface area contributed by atoms with E-state index in [1.54, 1.807) is 19.1 Å². The first-order chi connectivity index (χ1) is 12.8. The lowest BCUT2D eigenvalue weighted by molar-refractivity contribution is -0.133. The highest BCUT2D eigenvalue weighted by Gasteiger charge is 2.18. The van der Waals surface area contributed by atoms with Crippen molar-refractivity contribution in [2.75, 3.05) is 17.2 Å². The molecule has 27 heavy (non-hydrogen) atoms. The van der Waals surface area contributed by atoms with Gasteiger partial charge in [-0.1, -0.05) is 32.0 Å². The van der Waals surface area contributed by atoms with Crippen LogP contribution in [0, 0.1) is 6.92 Å². The van der Waals surface area contributed by atoms with E-state index in [1.165, 1.54) is 12.1 Å². The molecule has 0 aliphatic carbocycles. The SMILES string of the molecule is CCOC(=O)c1ccc(NC(=O)C(=O)Nc2c(C)cccc2C(C)C)cc1. The lowest BCUT2D eigenvalue weighted by Gasteiger charge is -2.16. The van der Waals surface area contributed by atoms with Crippen molar-refractivity contribution in [2.24, 2.45) is 0 Å². The number of hydrogen-bond acceptors (Lipinski definition) is 4. The molecule has 2 amide bonds. The Kier molecular flexibility index (Phi) is 6.71. The minimum atomic E-state index is -0.781. The third kappa shape index (κ3) is 5.17. The molecule has 0 saturated heterocycles. The molecule has 0 fully saturated rings. The van der Waals surface area contributed by atoms with Crippen LogP contribution in [0.4, 0.5) is 11.4 Å². The molecule has 0 spiro atoms. The third-order valence-corrected chi connectivity index (χ3v) is 4.03. The normalized spacial score (nSPS) is 10.4. The molecule has 0 unspecified atom stereocenters. The molecule has 0 atom stereocenters. The highest BCUT2D eigenvalue weighted by molar-refractivity contribution is 6.43. The van der Waals surface area contributed by atoms with Gasteiger partial charge >= 0.3 is 17.8 Å². The summed E-state index contributed by atoms with van der Waals surface area (Å²) < 4.78 is 4.90. The Balaban J connectivity index is 2.07. The zero-order valence-electron chi connectivity index (χ0n) is 16.0. The average Bonchev–Trinajstić information content (AvgIpc) is 2.63. The number of esters is 1. The minimum absolute atomic E-state index is 0.207. The Labute approximate surface area is 158 Å². The second kappa shape index (κ2) is 8.98. The van der Waals surface area contributed by atoms with Crippen LogP contribution in [0.15, 0.2) is 42.5 Å². The van der Waals surface area contributed by atoms with Crippen molar-refractivity contribution >= 4 is 29.2 Å². The monoisotopic (exact) mass is 368 g/mol. The second-order valence-electron chi connectivity index (χ2n) is 6.40. The molecule has 6 heteroatoms. The number of rotatable bonds is 5. The predicted octanol–water partition coefficient (Wildman–Crippen LogP) is 3.87.